The maximum Gasteiger partial charge on any atom is 0.433 e. The molecule has 136 valence electrons. The second kappa shape index (κ2) is 6.91. The first-order valence-corrected chi connectivity index (χ1v) is 7.97. The van der Waals surface area contributed by atoms with Crippen LogP contribution in [-0.2, 0) is 24.1 Å². The SMILES string of the molecule is Cc1cc(C(F)(F)F)n(CC(=O)N2CCN(Cc3ccco3)CC2)n1. The molecule has 25 heavy (non-hydrogen) atoms. The van der Waals surface area contributed by atoms with E-state index in [9.17, 15) is 18.0 Å². The summed E-state index contributed by atoms with van der Waals surface area (Å²) in [6.45, 7) is 3.98. The summed E-state index contributed by atoms with van der Waals surface area (Å²) in [5.41, 5.74) is -0.654. The molecule has 0 unspecified atom stereocenters. The fourth-order valence-corrected chi connectivity index (χ4v) is 2.90. The van der Waals surface area contributed by atoms with Gasteiger partial charge in [-0.25, -0.2) is 0 Å². The standard InChI is InChI=1S/C16H19F3N4O2/c1-12-9-14(16(17,18)19)23(20-12)11-15(24)22-6-4-21(5-7-22)10-13-3-2-8-25-13/h2-3,8-9H,4-7,10-11H2,1H3. The van der Waals surface area contributed by atoms with Gasteiger partial charge in [-0.1, -0.05) is 0 Å². The molecule has 2 aromatic rings. The third kappa shape index (κ3) is 4.22. The molecule has 0 bridgehead atoms. The van der Waals surface area contributed by atoms with Crippen LogP contribution < -0.4 is 0 Å². The minimum atomic E-state index is -4.52. The molecule has 0 spiro atoms. The fraction of sp³-hybridized carbons (Fsp3) is 0.500. The van der Waals surface area contributed by atoms with Crippen molar-refractivity contribution in [3.63, 3.8) is 0 Å². The lowest BCUT2D eigenvalue weighted by molar-refractivity contribution is -0.146. The van der Waals surface area contributed by atoms with Crippen molar-refractivity contribution in [2.75, 3.05) is 26.2 Å². The zero-order chi connectivity index (χ0) is 18.0. The predicted molar refractivity (Wildman–Crippen MR) is 82.5 cm³/mol. The van der Waals surface area contributed by atoms with E-state index in [0.717, 1.165) is 16.5 Å². The van der Waals surface area contributed by atoms with Gasteiger partial charge in [0, 0.05) is 26.2 Å². The zero-order valence-electron chi connectivity index (χ0n) is 13.8. The van der Waals surface area contributed by atoms with Gasteiger partial charge < -0.3 is 9.32 Å². The van der Waals surface area contributed by atoms with Crippen molar-refractivity contribution < 1.29 is 22.4 Å². The van der Waals surface area contributed by atoms with Crippen molar-refractivity contribution in [3.8, 4) is 0 Å². The van der Waals surface area contributed by atoms with Gasteiger partial charge in [-0.3, -0.25) is 14.4 Å². The second-order valence-electron chi connectivity index (χ2n) is 6.06. The number of aryl methyl sites for hydroxylation is 1. The Bertz CT molecular complexity index is 716. The van der Waals surface area contributed by atoms with Crippen molar-refractivity contribution >= 4 is 5.91 Å². The molecule has 2 aromatic heterocycles. The molecular weight excluding hydrogens is 337 g/mol. The molecular formula is C16H19F3N4O2. The van der Waals surface area contributed by atoms with Gasteiger partial charge >= 0.3 is 6.18 Å². The number of hydrogen-bond donors (Lipinski definition) is 0. The van der Waals surface area contributed by atoms with Crippen LogP contribution in [0.4, 0.5) is 13.2 Å². The largest absolute Gasteiger partial charge is 0.468 e. The van der Waals surface area contributed by atoms with E-state index in [2.05, 4.69) is 10.00 Å². The van der Waals surface area contributed by atoms with Crippen LogP contribution in [0.15, 0.2) is 28.9 Å². The summed E-state index contributed by atoms with van der Waals surface area (Å²) in [5, 5.41) is 3.80. The van der Waals surface area contributed by atoms with Crippen LogP contribution in [0.25, 0.3) is 0 Å². The first-order chi connectivity index (χ1) is 11.8. The lowest BCUT2D eigenvalue weighted by Crippen LogP contribution is -2.49. The summed E-state index contributed by atoms with van der Waals surface area (Å²) in [5.74, 6) is 0.493. The minimum absolute atomic E-state index is 0.239. The quantitative estimate of drug-likeness (QED) is 0.842. The van der Waals surface area contributed by atoms with E-state index in [-0.39, 0.29) is 11.6 Å². The lowest BCUT2D eigenvalue weighted by atomic mass is 10.3. The van der Waals surface area contributed by atoms with Crippen LogP contribution in [-0.4, -0.2) is 51.7 Å². The number of halogens is 3. The van der Waals surface area contributed by atoms with E-state index >= 15 is 0 Å². The monoisotopic (exact) mass is 356 g/mol. The molecule has 3 heterocycles. The van der Waals surface area contributed by atoms with E-state index in [1.807, 2.05) is 12.1 Å². The molecule has 0 saturated carbocycles. The summed E-state index contributed by atoms with van der Waals surface area (Å²) in [6, 6.07) is 4.66. The Labute approximate surface area is 142 Å². The van der Waals surface area contributed by atoms with Crippen molar-refractivity contribution in [3.05, 3.63) is 41.6 Å². The average Bonchev–Trinajstić information content (AvgIpc) is 3.17. The molecule has 0 radical (unpaired) electrons. The van der Waals surface area contributed by atoms with Crippen molar-refractivity contribution in [1.29, 1.82) is 0 Å². The van der Waals surface area contributed by atoms with Crippen LogP contribution in [0.1, 0.15) is 17.1 Å². The summed E-state index contributed by atoms with van der Waals surface area (Å²) in [4.78, 5) is 16.1. The lowest BCUT2D eigenvalue weighted by Gasteiger charge is -2.34. The maximum absolute atomic E-state index is 13.0. The molecule has 0 aromatic carbocycles. The number of alkyl halides is 3. The zero-order valence-corrected chi connectivity index (χ0v) is 13.8. The number of furan rings is 1. The minimum Gasteiger partial charge on any atom is -0.468 e. The molecule has 1 aliphatic heterocycles. The normalized spacial score (nSPS) is 16.4. The molecule has 9 heteroatoms. The number of carbonyl (C=O) groups is 1. The fourth-order valence-electron chi connectivity index (χ4n) is 2.90. The van der Waals surface area contributed by atoms with E-state index in [1.54, 1.807) is 11.2 Å². The van der Waals surface area contributed by atoms with Crippen LogP contribution in [0.2, 0.25) is 0 Å². The molecule has 1 aliphatic rings. The van der Waals surface area contributed by atoms with Crippen molar-refractivity contribution in [1.82, 2.24) is 19.6 Å². The number of amides is 1. The highest BCUT2D eigenvalue weighted by Gasteiger charge is 2.36. The van der Waals surface area contributed by atoms with Gasteiger partial charge in [0.05, 0.1) is 18.5 Å². The highest BCUT2D eigenvalue weighted by atomic mass is 19.4. The van der Waals surface area contributed by atoms with Gasteiger partial charge in [-0.05, 0) is 25.1 Å². The third-order valence-electron chi connectivity index (χ3n) is 4.16. The Kier molecular flexibility index (Phi) is 4.85. The van der Waals surface area contributed by atoms with Crippen molar-refractivity contribution in [2.24, 2.45) is 0 Å². The van der Waals surface area contributed by atoms with Gasteiger partial charge in [-0.15, -0.1) is 0 Å². The Morgan fingerprint density at radius 1 is 1.28 bits per heavy atom. The molecule has 0 aliphatic carbocycles. The van der Waals surface area contributed by atoms with Gasteiger partial charge in [0.25, 0.3) is 0 Å². The smallest absolute Gasteiger partial charge is 0.433 e. The van der Waals surface area contributed by atoms with Crippen LogP contribution in [0, 0.1) is 6.92 Å². The van der Waals surface area contributed by atoms with Crippen molar-refractivity contribution in [2.45, 2.75) is 26.2 Å². The number of hydrogen-bond acceptors (Lipinski definition) is 4. The number of aromatic nitrogens is 2. The molecule has 0 atom stereocenters. The molecule has 3 rings (SSSR count). The summed E-state index contributed by atoms with van der Waals surface area (Å²) < 4.78 is 45.0. The predicted octanol–water partition coefficient (Wildman–Crippen LogP) is 2.15. The number of piperazine rings is 1. The maximum atomic E-state index is 13.0. The van der Waals surface area contributed by atoms with Crippen LogP contribution in [0.5, 0.6) is 0 Å². The van der Waals surface area contributed by atoms with E-state index in [1.165, 1.54) is 6.92 Å². The average molecular weight is 356 g/mol. The number of rotatable bonds is 4. The van der Waals surface area contributed by atoms with Crippen LogP contribution in [0.3, 0.4) is 0 Å². The highest BCUT2D eigenvalue weighted by Crippen LogP contribution is 2.29. The second-order valence-corrected chi connectivity index (χ2v) is 6.06. The van der Waals surface area contributed by atoms with Gasteiger partial charge in [-0.2, -0.15) is 18.3 Å². The Hall–Kier alpha value is -2.29. The topological polar surface area (TPSA) is 54.5 Å². The molecule has 6 nitrogen and oxygen atoms in total. The van der Waals surface area contributed by atoms with E-state index in [0.29, 0.717) is 32.7 Å². The van der Waals surface area contributed by atoms with E-state index in [4.69, 9.17) is 4.42 Å². The Morgan fingerprint density at radius 2 is 2.00 bits per heavy atom. The molecule has 1 fully saturated rings. The first kappa shape index (κ1) is 17.5. The Balaban J connectivity index is 1.57. The van der Waals surface area contributed by atoms with Crippen LogP contribution >= 0.6 is 0 Å². The molecule has 1 saturated heterocycles. The summed E-state index contributed by atoms with van der Waals surface area (Å²) in [7, 11) is 0. The van der Waals surface area contributed by atoms with Gasteiger partial charge in [0.15, 0.2) is 0 Å². The summed E-state index contributed by atoms with van der Waals surface area (Å²) in [6.07, 6.45) is -2.91. The van der Waals surface area contributed by atoms with E-state index < -0.39 is 18.4 Å². The highest BCUT2D eigenvalue weighted by molar-refractivity contribution is 5.76. The molecule has 0 N–H and O–H groups in total. The van der Waals surface area contributed by atoms with Gasteiger partial charge in [0.1, 0.15) is 18.0 Å². The number of nitrogens with zero attached hydrogens (tertiary/aromatic N) is 4. The Morgan fingerprint density at radius 3 is 2.60 bits per heavy atom. The summed E-state index contributed by atoms with van der Waals surface area (Å²) >= 11 is 0. The molecule has 1 amide bonds. The third-order valence-corrected chi connectivity index (χ3v) is 4.16. The van der Waals surface area contributed by atoms with Gasteiger partial charge in [0.2, 0.25) is 5.91 Å². The first-order valence-electron chi connectivity index (χ1n) is 7.97. The number of carbonyl (C=O) groups excluding carboxylic acids is 1.